The Bertz CT molecular complexity index is 447. The van der Waals surface area contributed by atoms with Gasteiger partial charge < -0.3 is 14.9 Å². The number of phenolic OH excluding ortho intramolecular Hbond substituents is 1. The van der Waals surface area contributed by atoms with Gasteiger partial charge in [0, 0.05) is 6.54 Å². The monoisotopic (exact) mass is 267 g/mol. The van der Waals surface area contributed by atoms with Gasteiger partial charge >= 0.3 is 5.97 Å². The van der Waals surface area contributed by atoms with Crippen LogP contribution in [0.2, 0.25) is 0 Å². The maximum atomic E-state index is 11.3. The molecule has 0 aliphatic heterocycles. The topological polar surface area (TPSA) is 78.8 Å². The zero-order valence-corrected chi connectivity index (χ0v) is 11.6. The second-order valence-electron chi connectivity index (χ2n) is 4.75. The van der Waals surface area contributed by atoms with Crippen molar-refractivity contribution in [3.63, 3.8) is 0 Å². The van der Waals surface area contributed by atoms with Crippen molar-refractivity contribution in [3.05, 3.63) is 23.8 Å². The molecule has 106 valence electrons. The van der Waals surface area contributed by atoms with E-state index in [2.05, 4.69) is 5.32 Å². The van der Waals surface area contributed by atoms with E-state index in [1.54, 1.807) is 19.1 Å². The molecule has 5 heteroatoms. The van der Waals surface area contributed by atoms with Crippen LogP contribution in [0.15, 0.2) is 18.2 Å². The summed E-state index contributed by atoms with van der Waals surface area (Å²) in [5.74, 6) is -0.410. The van der Waals surface area contributed by atoms with Crippen LogP contribution in [0.25, 0.3) is 0 Å². The molecular weight excluding hydrogens is 246 g/mol. The fourth-order valence-electron chi connectivity index (χ4n) is 1.90. The first kappa shape index (κ1) is 15.3. The lowest BCUT2D eigenvalue weighted by Crippen LogP contribution is -2.48. The van der Waals surface area contributed by atoms with E-state index in [0.717, 1.165) is 12.0 Å². The number of benzene rings is 1. The Morgan fingerprint density at radius 3 is 2.68 bits per heavy atom. The van der Waals surface area contributed by atoms with E-state index in [4.69, 9.17) is 4.74 Å². The number of carboxylic acid groups (broad SMARTS) is 1. The lowest BCUT2D eigenvalue weighted by Gasteiger charge is -2.26. The number of phenols is 1. The first-order chi connectivity index (χ1) is 8.92. The van der Waals surface area contributed by atoms with Crippen LogP contribution in [0.5, 0.6) is 11.5 Å². The Balaban J connectivity index is 2.77. The minimum absolute atomic E-state index is 0.0702. The molecule has 1 aromatic rings. The predicted molar refractivity (Wildman–Crippen MR) is 72.4 cm³/mol. The highest BCUT2D eigenvalue weighted by Gasteiger charge is 2.31. The van der Waals surface area contributed by atoms with Gasteiger partial charge in [-0.1, -0.05) is 19.4 Å². The lowest BCUT2D eigenvalue weighted by molar-refractivity contribution is -0.144. The summed E-state index contributed by atoms with van der Waals surface area (Å²) >= 11 is 0. The highest BCUT2D eigenvalue weighted by molar-refractivity contribution is 5.78. The van der Waals surface area contributed by atoms with Crippen molar-refractivity contribution < 1.29 is 19.7 Å². The number of rotatable bonds is 7. The van der Waals surface area contributed by atoms with Crippen LogP contribution < -0.4 is 10.1 Å². The van der Waals surface area contributed by atoms with Crippen molar-refractivity contribution in [1.29, 1.82) is 0 Å². The fourth-order valence-corrected chi connectivity index (χ4v) is 1.90. The van der Waals surface area contributed by atoms with E-state index >= 15 is 0 Å². The van der Waals surface area contributed by atoms with Crippen molar-refractivity contribution in [1.82, 2.24) is 5.32 Å². The SMILES string of the molecule is CCCC(C)(NCc1ccc(O)c(OC)c1)C(=O)O. The third-order valence-corrected chi connectivity index (χ3v) is 3.15. The van der Waals surface area contributed by atoms with Crippen LogP contribution in [-0.4, -0.2) is 28.8 Å². The van der Waals surface area contributed by atoms with E-state index in [0.29, 0.717) is 18.7 Å². The summed E-state index contributed by atoms with van der Waals surface area (Å²) in [6.45, 7) is 4.03. The van der Waals surface area contributed by atoms with Crippen LogP contribution >= 0.6 is 0 Å². The zero-order chi connectivity index (χ0) is 14.5. The van der Waals surface area contributed by atoms with E-state index in [9.17, 15) is 15.0 Å². The lowest BCUT2D eigenvalue weighted by atomic mass is 9.96. The van der Waals surface area contributed by atoms with Gasteiger partial charge in [0.05, 0.1) is 7.11 Å². The van der Waals surface area contributed by atoms with Gasteiger partial charge in [0.1, 0.15) is 5.54 Å². The molecule has 1 rings (SSSR count). The van der Waals surface area contributed by atoms with Gasteiger partial charge in [0.2, 0.25) is 0 Å². The largest absolute Gasteiger partial charge is 0.504 e. The molecule has 0 spiro atoms. The summed E-state index contributed by atoms with van der Waals surface area (Å²) in [6.07, 6.45) is 1.34. The molecule has 0 heterocycles. The van der Waals surface area contributed by atoms with Gasteiger partial charge in [-0.25, -0.2) is 0 Å². The van der Waals surface area contributed by atoms with E-state index in [1.165, 1.54) is 13.2 Å². The number of aromatic hydroxyl groups is 1. The van der Waals surface area contributed by atoms with E-state index in [-0.39, 0.29) is 5.75 Å². The van der Waals surface area contributed by atoms with Gasteiger partial charge in [-0.2, -0.15) is 0 Å². The molecule has 0 radical (unpaired) electrons. The average Bonchev–Trinajstić information content (AvgIpc) is 2.38. The van der Waals surface area contributed by atoms with Crippen molar-refractivity contribution in [3.8, 4) is 11.5 Å². The van der Waals surface area contributed by atoms with Gasteiger partial charge in [-0.15, -0.1) is 0 Å². The van der Waals surface area contributed by atoms with Gasteiger partial charge in [0.15, 0.2) is 11.5 Å². The molecule has 0 aliphatic rings. The summed E-state index contributed by atoms with van der Waals surface area (Å²) < 4.78 is 5.02. The minimum Gasteiger partial charge on any atom is -0.504 e. The number of carboxylic acids is 1. The molecule has 3 N–H and O–H groups in total. The Morgan fingerprint density at radius 1 is 1.47 bits per heavy atom. The van der Waals surface area contributed by atoms with Crippen LogP contribution in [0.4, 0.5) is 0 Å². The second kappa shape index (κ2) is 6.43. The first-order valence-corrected chi connectivity index (χ1v) is 6.27. The maximum absolute atomic E-state index is 11.3. The van der Waals surface area contributed by atoms with Crippen molar-refractivity contribution >= 4 is 5.97 Å². The predicted octanol–water partition coefficient (Wildman–Crippen LogP) is 2.13. The number of carbonyl (C=O) groups is 1. The van der Waals surface area contributed by atoms with E-state index < -0.39 is 11.5 Å². The summed E-state index contributed by atoms with van der Waals surface area (Å²) in [7, 11) is 1.48. The van der Waals surface area contributed by atoms with Crippen LogP contribution in [0.3, 0.4) is 0 Å². The molecule has 0 fully saturated rings. The normalized spacial score (nSPS) is 13.8. The molecule has 0 amide bonds. The fraction of sp³-hybridized carbons (Fsp3) is 0.500. The molecule has 1 aromatic carbocycles. The molecule has 0 saturated heterocycles. The minimum atomic E-state index is -0.945. The van der Waals surface area contributed by atoms with Gasteiger partial charge in [-0.3, -0.25) is 10.1 Å². The average molecular weight is 267 g/mol. The van der Waals surface area contributed by atoms with Crippen molar-refractivity contribution in [2.45, 2.75) is 38.8 Å². The number of ether oxygens (including phenoxy) is 1. The Kier molecular flexibility index (Phi) is 5.18. The molecule has 0 aromatic heterocycles. The quantitative estimate of drug-likeness (QED) is 0.705. The Morgan fingerprint density at radius 2 is 2.16 bits per heavy atom. The second-order valence-corrected chi connectivity index (χ2v) is 4.75. The summed E-state index contributed by atoms with van der Waals surface area (Å²) in [5, 5.41) is 21.8. The van der Waals surface area contributed by atoms with Crippen LogP contribution in [-0.2, 0) is 11.3 Å². The molecule has 0 saturated carbocycles. The molecule has 1 unspecified atom stereocenters. The van der Waals surface area contributed by atoms with Gasteiger partial charge in [-0.05, 0) is 31.0 Å². The standard InChI is InChI=1S/C14H21NO4/c1-4-7-14(2,13(17)18)15-9-10-5-6-11(16)12(8-10)19-3/h5-6,8,15-16H,4,7,9H2,1-3H3,(H,17,18). The Labute approximate surface area is 113 Å². The number of aliphatic carboxylic acids is 1. The van der Waals surface area contributed by atoms with Crippen molar-refractivity contribution in [2.24, 2.45) is 0 Å². The highest BCUT2D eigenvalue weighted by Crippen LogP contribution is 2.26. The summed E-state index contributed by atoms with van der Waals surface area (Å²) in [4.78, 5) is 11.3. The molecule has 1 atom stereocenters. The zero-order valence-electron chi connectivity index (χ0n) is 11.6. The number of hydrogen-bond acceptors (Lipinski definition) is 4. The summed E-state index contributed by atoms with van der Waals surface area (Å²) in [5.41, 5.74) is -0.0851. The number of nitrogens with one attached hydrogen (secondary N) is 1. The molecule has 0 bridgehead atoms. The molecule has 19 heavy (non-hydrogen) atoms. The Hall–Kier alpha value is -1.75. The van der Waals surface area contributed by atoms with Crippen LogP contribution in [0.1, 0.15) is 32.3 Å². The summed E-state index contributed by atoms with van der Waals surface area (Å²) in [6, 6.07) is 4.96. The van der Waals surface area contributed by atoms with Gasteiger partial charge in [0.25, 0.3) is 0 Å². The van der Waals surface area contributed by atoms with Crippen LogP contribution in [0, 0.1) is 0 Å². The number of methoxy groups -OCH3 is 1. The maximum Gasteiger partial charge on any atom is 0.323 e. The first-order valence-electron chi connectivity index (χ1n) is 6.27. The third-order valence-electron chi connectivity index (χ3n) is 3.15. The molecule has 5 nitrogen and oxygen atoms in total. The third kappa shape index (κ3) is 3.86. The van der Waals surface area contributed by atoms with E-state index in [1.807, 2.05) is 6.92 Å². The smallest absolute Gasteiger partial charge is 0.323 e. The van der Waals surface area contributed by atoms with Crippen molar-refractivity contribution in [2.75, 3.05) is 7.11 Å². The molecular formula is C14H21NO4. The molecule has 0 aliphatic carbocycles. The highest BCUT2D eigenvalue weighted by atomic mass is 16.5. The number of hydrogen-bond donors (Lipinski definition) is 3.